The van der Waals surface area contributed by atoms with Crippen molar-refractivity contribution in [1.29, 1.82) is 5.26 Å². The molecule has 0 aliphatic heterocycles. The lowest BCUT2D eigenvalue weighted by Gasteiger charge is -2.08. The summed E-state index contributed by atoms with van der Waals surface area (Å²) in [5.41, 5.74) is 2.98. The van der Waals surface area contributed by atoms with Crippen LogP contribution in [0.25, 0.3) is 22.2 Å². The van der Waals surface area contributed by atoms with Gasteiger partial charge >= 0.3 is 5.69 Å². The van der Waals surface area contributed by atoms with Gasteiger partial charge in [0, 0.05) is 6.04 Å². The van der Waals surface area contributed by atoms with Crippen LogP contribution in [0.3, 0.4) is 0 Å². The number of nitrogens with one attached hydrogen (secondary N) is 1. The summed E-state index contributed by atoms with van der Waals surface area (Å²) in [6, 6.07) is 11.6. The zero-order valence-corrected chi connectivity index (χ0v) is 12.2. The third-order valence-corrected chi connectivity index (χ3v) is 3.59. The van der Waals surface area contributed by atoms with E-state index >= 15 is 0 Å². The number of benzene rings is 2. The van der Waals surface area contributed by atoms with E-state index in [-0.39, 0.29) is 17.3 Å². The molecule has 0 radical (unpaired) electrons. The van der Waals surface area contributed by atoms with Crippen LogP contribution in [-0.2, 0) is 0 Å². The summed E-state index contributed by atoms with van der Waals surface area (Å²) < 4.78 is 15.3. The number of nitrogens with zero attached hydrogens (tertiary/aromatic N) is 2. The standard InChI is InChI=1S/C17H14FN3O/c1-10(2)21-16-8-12(3-4-15(16)20-17(21)22)13-5-11(9-19)6-14(18)7-13/h3-8,10H,1-2H3,(H,20,22). The minimum absolute atomic E-state index is 0.0127. The fraction of sp³-hybridized carbons (Fsp3) is 0.176. The third kappa shape index (κ3) is 2.29. The highest BCUT2D eigenvalue weighted by atomic mass is 19.1. The monoisotopic (exact) mass is 295 g/mol. The summed E-state index contributed by atoms with van der Waals surface area (Å²) in [5, 5.41) is 8.96. The van der Waals surface area contributed by atoms with E-state index in [1.165, 1.54) is 12.1 Å². The smallest absolute Gasteiger partial charge is 0.306 e. The Kier molecular flexibility index (Phi) is 3.30. The van der Waals surface area contributed by atoms with E-state index in [0.29, 0.717) is 5.56 Å². The highest BCUT2D eigenvalue weighted by Gasteiger charge is 2.11. The van der Waals surface area contributed by atoms with Gasteiger partial charge in [-0.1, -0.05) is 6.07 Å². The van der Waals surface area contributed by atoms with Crippen LogP contribution in [0, 0.1) is 17.1 Å². The van der Waals surface area contributed by atoms with Gasteiger partial charge in [-0.3, -0.25) is 4.57 Å². The Bertz CT molecular complexity index is 960. The van der Waals surface area contributed by atoms with Crippen LogP contribution in [-0.4, -0.2) is 9.55 Å². The van der Waals surface area contributed by atoms with Gasteiger partial charge < -0.3 is 4.98 Å². The summed E-state index contributed by atoms with van der Waals surface area (Å²) >= 11 is 0. The van der Waals surface area contributed by atoms with Gasteiger partial charge in [-0.05, 0) is 55.3 Å². The average Bonchev–Trinajstić information content (AvgIpc) is 2.81. The molecule has 0 atom stereocenters. The average molecular weight is 295 g/mol. The molecule has 1 N–H and O–H groups in total. The first-order valence-electron chi connectivity index (χ1n) is 6.95. The Morgan fingerprint density at radius 2 is 1.95 bits per heavy atom. The van der Waals surface area contributed by atoms with E-state index in [9.17, 15) is 9.18 Å². The molecule has 0 spiro atoms. The zero-order valence-electron chi connectivity index (χ0n) is 12.2. The second-order valence-electron chi connectivity index (χ2n) is 5.47. The maximum Gasteiger partial charge on any atom is 0.326 e. The van der Waals surface area contributed by atoms with Crippen molar-refractivity contribution in [1.82, 2.24) is 9.55 Å². The van der Waals surface area contributed by atoms with Crippen molar-refractivity contribution in [3.8, 4) is 17.2 Å². The molecule has 3 aromatic rings. The molecule has 5 heteroatoms. The normalized spacial score (nSPS) is 11.0. The number of rotatable bonds is 2. The fourth-order valence-corrected chi connectivity index (χ4v) is 2.63. The Morgan fingerprint density at radius 1 is 1.18 bits per heavy atom. The van der Waals surface area contributed by atoms with Crippen molar-refractivity contribution in [2.24, 2.45) is 0 Å². The Labute approximate surface area is 126 Å². The molecule has 0 unspecified atom stereocenters. The van der Waals surface area contributed by atoms with Gasteiger partial charge in [-0.2, -0.15) is 5.26 Å². The van der Waals surface area contributed by atoms with Crippen molar-refractivity contribution in [3.05, 3.63) is 58.3 Å². The first kappa shape index (κ1) is 14.1. The number of halogens is 1. The van der Waals surface area contributed by atoms with E-state index in [4.69, 9.17) is 5.26 Å². The lowest BCUT2D eigenvalue weighted by Crippen LogP contribution is -2.18. The minimum Gasteiger partial charge on any atom is -0.306 e. The van der Waals surface area contributed by atoms with Gasteiger partial charge in [-0.25, -0.2) is 9.18 Å². The molecule has 0 aliphatic rings. The molecule has 4 nitrogen and oxygen atoms in total. The van der Waals surface area contributed by atoms with E-state index in [1.54, 1.807) is 22.8 Å². The summed E-state index contributed by atoms with van der Waals surface area (Å²) in [5.74, 6) is -0.454. The minimum atomic E-state index is -0.454. The predicted octanol–water partition coefficient (Wildman–Crippen LogP) is 3.59. The van der Waals surface area contributed by atoms with Crippen LogP contribution in [0.5, 0.6) is 0 Å². The molecule has 3 rings (SSSR count). The SMILES string of the molecule is CC(C)n1c(=O)[nH]c2ccc(-c3cc(F)cc(C#N)c3)cc21. The largest absolute Gasteiger partial charge is 0.326 e. The maximum absolute atomic E-state index is 13.6. The lowest BCUT2D eigenvalue weighted by atomic mass is 10.0. The van der Waals surface area contributed by atoms with Crippen molar-refractivity contribution in [2.75, 3.05) is 0 Å². The molecule has 0 saturated heterocycles. The van der Waals surface area contributed by atoms with Crippen LogP contribution in [0.15, 0.2) is 41.2 Å². The Morgan fingerprint density at radius 3 is 2.64 bits per heavy atom. The molecule has 0 fully saturated rings. The number of imidazole rings is 1. The van der Waals surface area contributed by atoms with Gasteiger partial charge in [0.25, 0.3) is 0 Å². The second-order valence-corrected chi connectivity index (χ2v) is 5.47. The van der Waals surface area contributed by atoms with Crippen LogP contribution in [0.1, 0.15) is 25.5 Å². The molecule has 1 aromatic heterocycles. The Balaban J connectivity index is 2.25. The van der Waals surface area contributed by atoms with Crippen molar-refractivity contribution in [3.63, 3.8) is 0 Å². The second kappa shape index (κ2) is 5.15. The van der Waals surface area contributed by atoms with Gasteiger partial charge in [-0.15, -0.1) is 0 Å². The summed E-state index contributed by atoms with van der Waals surface area (Å²) in [4.78, 5) is 14.8. The molecule has 0 saturated carbocycles. The summed E-state index contributed by atoms with van der Waals surface area (Å²) in [7, 11) is 0. The van der Waals surface area contributed by atoms with Crippen LogP contribution in [0.2, 0.25) is 0 Å². The molecule has 22 heavy (non-hydrogen) atoms. The number of H-pyrrole nitrogens is 1. The lowest BCUT2D eigenvalue weighted by molar-refractivity contribution is 0.598. The summed E-state index contributed by atoms with van der Waals surface area (Å²) in [6.07, 6.45) is 0. The van der Waals surface area contributed by atoms with Crippen molar-refractivity contribution < 1.29 is 4.39 Å². The molecule has 0 amide bonds. The molecule has 2 aromatic carbocycles. The number of fused-ring (bicyclic) bond motifs is 1. The van der Waals surface area contributed by atoms with E-state index < -0.39 is 5.82 Å². The first-order valence-corrected chi connectivity index (χ1v) is 6.95. The summed E-state index contributed by atoms with van der Waals surface area (Å²) in [6.45, 7) is 3.86. The van der Waals surface area contributed by atoms with Crippen molar-refractivity contribution in [2.45, 2.75) is 19.9 Å². The Hall–Kier alpha value is -2.87. The van der Waals surface area contributed by atoms with Gasteiger partial charge in [0.15, 0.2) is 0 Å². The third-order valence-electron chi connectivity index (χ3n) is 3.59. The predicted molar refractivity (Wildman–Crippen MR) is 83.1 cm³/mol. The fourth-order valence-electron chi connectivity index (χ4n) is 2.63. The first-order chi connectivity index (χ1) is 10.5. The number of hydrogen-bond acceptors (Lipinski definition) is 2. The van der Waals surface area contributed by atoms with E-state index in [0.717, 1.165) is 16.6 Å². The number of aromatic nitrogens is 2. The number of nitriles is 1. The van der Waals surface area contributed by atoms with Crippen LogP contribution >= 0.6 is 0 Å². The molecule has 0 aliphatic carbocycles. The van der Waals surface area contributed by atoms with Gasteiger partial charge in [0.05, 0.1) is 22.7 Å². The zero-order chi connectivity index (χ0) is 15.9. The molecular formula is C17H14FN3O. The molecule has 0 bridgehead atoms. The number of hydrogen-bond donors (Lipinski definition) is 1. The highest BCUT2D eigenvalue weighted by molar-refractivity contribution is 5.82. The van der Waals surface area contributed by atoms with Crippen LogP contribution in [0.4, 0.5) is 4.39 Å². The van der Waals surface area contributed by atoms with E-state index in [2.05, 4.69) is 4.98 Å². The molecule has 1 heterocycles. The molecule has 110 valence electrons. The van der Waals surface area contributed by atoms with Gasteiger partial charge in [0.2, 0.25) is 0 Å². The topological polar surface area (TPSA) is 61.6 Å². The highest BCUT2D eigenvalue weighted by Crippen LogP contribution is 2.26. The van der Waals surface area contributed by atoms with Gasteiger partial charge in [0.1, 0.15) is 5.82 Å². The molecular weight excluding hydrogens is 281 g/mol. The van der Waals surface area contributed by atoms with Crippen molar-refractivity contribution >= 4 is 11.0 Å². The van der Waals surface area contributed by atoms with E-state index in [1.807, 2.05) is 26.0 Å². The quantitative estimate of drug-likeness (QED) is 0.785. The van der Waals surface area contributed by atoms with Crippen LogP contribution < -0.4 is 5.69 Å². The maximum atomic E-state index is 13.6. The number of aromatic amines is 1.